The molecule has 1 fully saturated rings. The molecular formula is C17H22N4O2S. The predicted molar refractivity (Wildman–Crippen MR) is 95.3 cm³/mol. The van der Waals surface area contributed by atoms with E-state index in [0.717, 1.165) is 29.3 Å². The van der Waals surface area contributed by atoms with Gasteiger partial charge in [-0.1, -0.05) is 24.3 Å². The molecule has 0 saturated carbocycles. The van der Waals surface area contributed by atoms with E-state index >= 15 is 0 Å². The van der Waals surface area contributed by atoms with Crippen molar-refractivity contribution in [1.29, 1.82) is 0 Å². The van der Waals surface area contributed by atoms with Crippen molar-refractivity contribution >= 4 is 22.5 Å². The number of aromatic nitrogens is 1. The Morgan fingerprint density at radius 2 is 2.00 bits per heavy atom. The predicted octanol–water partition coefficient (Wildman–Crippen LogP) is 2.32. The topological polar surface area (TPSA) is 57.7 Å². The molecule has 7 heteroatoms. The van der Waals surface area contributed by atoms with Crippen LogP contribution in [0.4, 0.5) is 9.93 Å². The molecule has 0 aliphatic carbocycles. The van der Waals surface area contributed by atoms with E-state index < -0.39 is 0 Å². The summed E-state index contributed by atoms with van der Waals surface area (Å²) in [6.45, 7) is 4.14. The normalized spacial score (nSPS) is 14.7. The molecule has 1 aromatic heterocycles. The summed E-state index contributed by atoms with van der Waals surface area (Å²) in [5.41, 5.74) is 2.20. The molecule has 2 heterocycles. The fourth-order valence-corrected chi connectivity index (χ4v) is 3.48. The summed E-state index contributed by atoms with van der Waals surface area (Å²) in [5, 5.41) is 6.03. The molecule has 2 amide bonds. The van der Waals surface area contributed by atoms with Crippen molar-refractivity contribution in [3.63, 3.8) is 0 Å². The van der Waals surface area contributed by atoms with E-state index in [9.17, 15) is 4.79 Å². The molecule has 1 N–H and O–H groups in total. The molecule has 1 aliphatic rings. The summed E-state index contributed by atoms with van der Waals surface area (Å²) >= 11 is 1.64. The first kappa shape index (κ1) is 16.7. The van der Waals surface area contributed by atoms with Crippen LogP contribution >= 0.6 is 11.3 Å². The number of hydrogen-bond acceptors (Lipinski definition) is 5. The monoisotopic (exact) mass is 346 g/mol. The number of ether oxygens (including phenoxy) is 1. The second-order valence-corrected chi connectivity index (χ2v) is 6.52. The SMILES string of the molecule is COCc1ccccc1CNC(=O)N1CCN(c2nccs2)CC1. The number of benzene rings is 1. The minimum atomic E-state index is -0.0130. The van der Waals surface area contributed by atoms with E-state index in [-0.39, 0.29) is 6.03 Å². The van der Waals surface area contributed by atoms with Gasteiger partial charge in [-0.3, -0.25) is 0 Å². The highest BCUT2D eigenvalue weighted by Gasteiger charge is 2.22. The number of urea groups is 1. The van der Waals surface area contributed by atoms with E-state index in [4.69, 9.17) is 4.74 Å². The van der Waals surface area contributed by atoms with Gasteiger partial charge in [0.05, 0.1) is 6.61 Å². The Bertz CT molecular complexity index is 654. The van der Waals surface area contributed by atoms with Crippen molar-refractivity contribution < 1.29 is 9.53 Å². The van der Waals surface area contributed by atoms with Crippen molar-refractivity contribution in [3.8, 4) is 0 Å². The van der Waals surface area contributed by atoms with Crippen molar-refractivity contribution in [2.75, 3.05) is 38.2 Å². The lowest BCUT2D eigenvalue weighted by Gasteiger charge is -2.34. The van der Waals surface area contributed by atoms with E-state index in [0.29, 0.717) is 26.2 Å². The van der Waals surface area contributed by atoms with Crippen LogP contribution in [0.15, 0.2) is 35.8 Å². The van der Waals surface area contributed by atoms with Crippen molar-refractivity contribution in [3.05, 3.63) is 47.0 Å². The Hall–Kier alpha value is -2.12. The molecule has 128 valence electrons. The zero-order valence-electron chi connectivity index (χ0n) is 13.8. The van der Waals surface area contributed by atoms with Gasteiger partial charge in [0.2, 0.25) is 0 Å². The molecule has 1 aliphatic heterocycles. The van der Waals surface area contributed by atoms with E-state index in [2.05, 4.69) is 15.2 Å². The van der Waals surface area contributed by atoms with Crippen LogP contribution in [-0.4, -0.2) is 49.2 Å². The molecule has 2 aromatic rings. The quantitative estimate of drug-likeness (QED) is 0.903. The summed E-state index contributed by atoms with van der Waals surface area (Å²) in [6, 6.07) is 8.00. The molecule has 3 rings (SSSR count). The highest BCUT2D eigenvalue weighted by molar-refractivity contribution is 7.13. The number of nitrogens with one attached hydrogen (secondary N) is 1. The van der Waals surface area contributed by atoms with Gasteiger partial charge in [-0.05, 0) is 11.1 Å². The maximum absolute atomic E-state index is 12.4. The fraction of sp³-hybridized carbons (Fsp3) is 0.412. The van der Waals surface area contributed by atoms with Crippen LogP contribution in [0, 0.1) is 0 Å². The van der Waals surface area contributed by atoms with E-state index in [1.165, 1.54) is 0 Å². The van der Waals surface area contributed by atoms with Crippen LogP contribution in [0.5, 0.6) is 0 Å². The number of nitrogens with zero attached hydrogens (tertiary/aromatic N) is 3. The van der Waals surface area contributed by atoms with Gasteiger partial charge >= 0.3 is 6.03 Å². The summed E-state index contributed by atoms with van der Waals surface area (Å²) in [7, 11) is 1.68. The molecular weight excluding hydrogens is 324 g/mol. The minimum Gasteiger partial charge on any atom is -0.380 e. The summed E-state index contributed by atoms with van der Waals surface area (Å²) in [6.07, 6.45) is 1.82. The Labute approximate surface area is 146 Å². The number of rotatable bonds is 5. The molecule has 0 radical (unpaired) electrons. The molecule has 24 heavy (non-hydrogen) atoms. The molecule has 0 unspecified atom stereocenters. The van der Waals surface area contributed by atoms with E-state index in [1.807, 2.05) is 40.7 Å². The lowest BCUT2D eigenvalue weighted by molar-refractivity contribution is 0.183. The first-order valence-electron chi connectivity index (χ1n) is 8.01. The highest BCUT2D eigenvalue weighted by atomic mass is 32.1. The van der Waals surface area contributed by atoms with Gasteiger partial charge < -0.3 is 19.9 Å². The zero-order chi connectivity index (χ0) is 16.8. The van der Waals surface area contributed by atoms with Crippen LogP contribution < -0.4 is 10.2 Å². The molecule has 0 spiro atoms. The summed E-state index contributed by atoms with van der Waals surface area (Å²) in [5.74, 6) is 0. The Morgan fingerprint density at radius 3 is 2.67 bits per heavy atom. The Kier molecular flexibility index (Phi) is 5.66. The van der Waals surface area contributed by atoms with Crippen molar-refractivity contribution in [2.45, 2.75) is 13.2 Å². The number of amides is 2. The van der Waals surface area contributed by atoms with Crippen LogP contribution in [0.25, 0.3) is 0 Å². The first-order valence-corrected chi connectivity index (χ1v) is 8.89. The van der Waals surface area contributed by atoms with Crippen LogP contribution in [-0.2, 0) is 17.9 Å². The number of carbonyl (C=O) groups is 1. The number of carbonyl (C=O) groups excluding carboxylic acids is 1. The van der Waals surface area contributed by atoms with E-state index in [1.54, 1.807) is 18.4 Å². The third-order valence-corrected chi connectivity index (χ3v) is 4.94. The minimum absolute atomic E-state index is 0.0130. The van der Waals surface area contributed by atoms with Gasteiger partial charge in [0.15, 0.2) is 5.13 Å². The van der Waals surface area contributed by atoms with Gasteiger partial charge in [-0.2, -0.15) is 0 Å². The third kappa shape index (κ3) is 4.04. The first-order chi connectivity index (χ1) is 11.8. The number of hydrogen-bond donors (Lipinski definition) is 1. The summed E-state index contributed by atoms with van der Waals surface area (Å²) < 4.78 is 5.21. The van der Waals surface area contributed by atoms with Crippen LogP contribution in [0.2, 0.25) is 0 Å². The standard InChI is InChI=1S/C17H22N4O2S/c1-23-13-15-5-3-2-4-14(15)12-19-16(22)20-7-9-21(10-8-20)17-18-6-11-24-17/h2-6,11H,7-10,12-13H2,1H3,(H,19,22). The Morgan fingerprint density at radius 1 is 1.25 bits per heavy atom. The second-order valence-electron chi connectivity index (χ2n) is 5.65. The average Bonchev–Trinajstić information content (AvgIpc) is 3.16. The molecule has 6 nitrogen and oxygen atoms in total. The highest BCUT2D eigenvalue weighted by Crippen LogP contribution is 2.19. The second kappa shape index (κ2) is 8.12. The average molecular weight is 346 g/mol. The number of anilines is 1. The summed E-state index contributed by atoms with van der Waals surface area (Å²) in [4.78, 5) is 20.8. The Balaban J connectivity index is 1.50. The fourth-order valence-electron chi connectivity index (χ4n) is 2.78. The van der Waals surface area contributed by atoms with Gasteiger partial charge in [0.25, 0.3) is 0 Å². The van der Waals surface area contributed by atoms with Crippen molar-refractivity contribution in [1.82, 2.24) is 15.2 Å². The van der Waals surface area contributed by atoms with Crippen LogP contribution in [0.3, 0.4) is 0 Å². The van der Waals surface area contributed by atoms with Crippen molar-refractivity contribution in [2.24, 2.45) is 0 Å². The lowest BCUT2D eigenvalue weighted by atomic mass is 10.1. The number of thiazole rings is 1. The van der Waals surface area contributed by atoms with Gasteiger partial charge in [-0.25, -0.2) is 9.78 Å². The van der Waals surface area contributed by atoms with Crippen LogP contribution in [0.1, 0.15) is 11.1 Å². The lowest BCUT2D eigenvalue weighted by Crippen LogP contribution is -2.51. The smallest absolute Gasteiger partial charge is 0.317 e. The van der Waals surface area contributed by atoms with Gasteiger partial charge in [-0.15, -0.1) is 11.3 Å². The molecule has 0 bridgehead atoms. The largest absolute Gasteiger partial charge is 0.380 e. The third-order valence-electron chi connectivity index (χ3n) is 4.10. The van der Waals surface area contributed by atoms with Gasteiger partial charge in [0.1, 0.15) is 0 Å². The zero-order valence-corrected chi connectivity index (χ0v) is 14.6. The maximum Gasteiger partial charge on any atom is 0.317 e. The number of piperazine rings is 1. The number of methoxy groups -OCH3 is 1. The van der Waals surface area contributed by atoms with Gasteiger partial charge in [0, 0.05) is 51.4 Å². The molecule has 0 atom stereocenters. The molecule has 1 aromatic carbocycles. The molecule has 1 saturated heterocycles. The maximum atomic E-state index is 12.4.